The van der Waals surface area contributed by atoms with Crippen LogP contribution in [0, 0.1) is 5.92 Å². The molecule has 0 aromatic heterocycles. The molecule has 3 nitrogen and oxygen atoms in total. The van der Waals surface area contributed by atoms with Crippen molar-refractivity contribution < 1.29 is 4.79 Å². The Kier molecular flexibility index (Phi) is 4.14. The Morgan fingerprint density at radius 3 is 2.73 bits per heavy atom. The zero-order valence-corrected chi connectivity index (χ0v) is 10.3. The summed E-state index contributed by atoms with van der Waals surface area (Å²) in [5, 5.41) is 0. The fourth-order valence-electron chi connectivity index (χ4n) is 2.13. The van der Waals surface area contributed by atoms with E-state index in [0.717, 1.165) is 19.5 Å². The van der Waals surface area contributed by atoms with Crippen molar-refractivity contribution in [3.63, 3.8) is 0 Å². The predicted octanol–water partition coefficient (Wildman–Crippen LogP) is 1.76. The van der Waals surface area contributed by atoms with Gasteiger partial charge < -0.3 is 10.6 Å². The van der Waals surface area contributed by atoms with Gasteiger partial charge in [0.25, 0.3) is 0 Å². The number of carbonyl (C=O) groups is 1. The summed E-state index contributed by atoms with van der Waals surface area (Å²) < 4.78 is 0. The van der Waals surface area contributed by atoms with E-state index in [-0.39, 0.29) is 11.4 Å². The smallest absolute Gasteiger partial charge is 0.224 e. The maximum absolute atomic E-state index is 11.9. The molecule has 1 rings (SSSR count). The van der Waals surface area contributed by atoms with E-state index in [9.17, 15) is 4.79 Å². The molecule has 1 saturated heterocycles. The van der Waals surface area contributed by atoms with Gasteiger partial charge in [-0.05, 0) is 32.6 Å². The Hall–Kier alpha value is -0.570. The minimum absolute atomic E-state index is 0.223. The van der Waals surface area contributed by atoms with E-state index in [1.54, 1.807) is 0 Å². The topological polar surface area (TPSA) is 46.3 Å². The molecule has 88 valence electrons. The summed E-state index contributed by atoms with van der Waals surface area (Å²) in [6.07, 6.45) is 4.06. The molecule has 0 bridgehead atoms. The Balaban J connectivity index is 2.45. The molecule has 1 aliphatic heterocycles. The van der Waals surface area contributed by atoms with Crippen LogP contribution in [-0.4, -0.2) is 29.4 Å². The van der Waals surface area contributed by atoms with Gasteiger partial charge in [-0.1, -0.05) is 13.3 Å². The van der Waals surface area contributed by atoms with E-state index in [0.29, 0.717) is 12.3 Å². The van der Waals surface area contributed by atoms with E-state index in [1.807, 2.05) is 18.7 Å². The van der Waals surface area contributed by atoms with Gasteiger partial charge >= 0.3 is 0 Å². The molecular weight excluding hydrogens is 188 g/mol. The second kappa shape index (κ2) is 4.97. The Morgan fingerprint density at radius 2 is 2.20 bits per heavy atom. The van der Waals surface area contributed by atoms with Crippen LogP contribution in [0.4, 0.5) is 0 Å². The summed E-state index contributed by atoms with van der Waals surface area (Å²) in [5.41, 5.74) is 5.48. The molecule has 1 amide bonds. The van der Waals surface area contributed by atoms with E-state index < -0.39 is 0 Å². The largest absolute Gasteiger partial charge is 0.342 e. The summed E-state index contributed by atoms with van der Waals surface area (Å²) >= 11 is 0. The molecule has 1 unspecified atom stereocenters. The number of amides is 1. The maximum atomic E-state index is 11.9. The molecule has 0 aromatic carbocycles. The zero-order valence-electron chi connectivity index (χ0n) is 10.3. The summed E-state index contributed by atoms with van der Waals surface area (Å²) in [6.45, 7) is 7.88. The Labute approximate surface area is 93.0 Å². The molecule has 1 atom stereocenters. The standard InChI is InChI=1S/C12H24N2O/c1-4-10-6-5-7-14(9-10)11(15)8-12(2,3)13/h10H,4-9,13H2,1-3H3. The van der Waals surface area contributed by atoms with Crippen LogP contribution in [0.25, 0.3) is 0 Å². The van der Waals surface area contributed by atoms with Crippen molar-refractivity contribution in [2.24, 2.45) is 11.7 Å². The molecule has 2 N–H and O–H groups in total. The van der Waals surface area contributed by atoms with E-state index in [1.165, 1.54) is 12.8 Å². The van der Waals surface area contributed by atoms with Gasteiger partial charge in [-0.3, -0.25) is 4.79 Å². The van der Waals surface area contributed by atoms with Crippen molar-refractivity contribution in [1.82, 2.24) is 4.90 Å². The van der Waals surface area contributed by atoms with E-state index >= 15 is 0 Å². The fourth-order valence-corrected chi connectivity index (χ4v) is 2.13. The molecule has 1 aliphatic rings. The predicted molar refractivity (Wildman–Crippen MR) is 62.5 cm³/mol. The minimum Gasteiger partial charge on any atom is -0.342 e. The molecular formula is C12H24N2O. The third-order valence-corrected chi connectivity index (χ3v) is 3.06. The number of rotatable bonds is 3. The van der Waals surface area contributed by atoms with Gasteiger partial charge in [0.05, 0.1) is 0 Å². The number of nitrogens with zero attached hydrogens (tertiary/aromatic N) is 1. The normalized spacial score (nSPS) is 22.9. The van der Waals surface area contributed by atoms with Crippen molar-refractivity contribution in [2.45, 2.75) is 52.0 Å². The molecule has 0 aromatic rings. The monoisotopic (exact) mass is 212 g/mol. The Bertz CT molecular complexity index is 220. The van der Waals surface area contributed by atoms with Crippen molar-refractivity contribution >= 4 is 5.91 Å². The van der Waals surface area contributed by atoms with Crippen LogP contribution in [0.1, 0.15) is 46.5 Å². The van der Waals surface area contributed by atoms with E-state index in [4.69, 9.17) is 5.73 Å². The molecule has 0 radical (unpaired) electrons. The molecule has 15 heavy (non-hydrogen) atoms. The van der Waals surface area contributed by atoms with Gasteiger partial charge in [-0.25, -0.2) is 0 Å². The first-order chi connectivity index (χ1) is 6.92. The number of carbonyl (C=O) groups excluding carboxylic acids is 1. The molecule has 0 spiro atoms. The van der Waals surface area contributed by atoms with Gasteiger partial charge in [0.15, 0.2) is 0 Å². The zero-order chi connectivity index (χ0) is 11.5. The highest BCUT2D eigenvalue weighted by Gasteiger charge is 2.25. The van der Waals surface area contributed by atoms with Crippen molar-refractivity contribution in [3.8, 4) is 0 Å². The molecule has 3 heteroatoms. The van der Waals surface area contributed by atoms with E-state index in [2.05, 4.69) is 6.92 Å². The van der Waals surface area contributed by atoms with Crippen LogP contribution in [0.3, 0.4) is 0 Å². The fraction of sp³-hybridized carbons (Fsp3) is 0.917. The first-order valence-corrected chi connectivity index (χ1v) is 5.99. The van der Waals surface area contributed by atoms with Gasteiger partial charge in [0.2, 0.25) is 5.91 Å². The number of likely N-dealkylation sites (tertiary alicyclic amines) is 1. The summed E-state index contributed by atoms with van der Waals surface area (Å²) in [4.78, 5) is 13.9. The minimum atomic E-state index is -0.379. The highest BCUT2D eigenvalue weighted by Crippen LogP contribution is 2.20. The summed E-state index contributed by atoms with van der Waals surface area (Å²) in [6, 6.07) is 0. The SMILES string of the molecule is CCC1CCCN(C(=O)CC(C)(C)N)C1. The number of hydrogen-bond donors (Lipinski definition) is 1. The molecule has 1 fully saturated rings. The first kappa shape index (κ1) is 12.5. The number of nitrogens with two attached hydrogens (primary N) is 1. The second-order valence-electron chi connectivity index (χ2n) is 5.42. The average Bonchev–Trinajstić information content (AvgIpc) is 2.15. The van der Waals surface area contributed by atoms with Crippen LogP contribution in [0.15, 0.2) is 0 Å². The molecule has 1 heterocycles. The quantitative estimate of drug-likeness (QED) is 0.775. The van der Waals surface area contributed by atoms with Crippen LogP contribution in [0.2, 0.25) is 0 Å². The molecule has 0 aliphatic carbocycles. The van der Waals surface area contributed by atoms with Crippen molar-refractivity contribution in [2.75, 3.05) is 13.1 Å². The Morgan fingerprint density at radius 1 is 1.53 bits per heavy atom. The van der Waals surface area contributed by atoms with Gasteiger partial charge in [-0.15, -0.1) is 0 Å². The summed E-state index contributed by atoms with van der Waals surface area (Å²) in [7, 11) is 0. The van der Waals surface area contributed by atoms with Crippen LogP contribution in [0.5, 0.6) is 0 Å². The van der Waals surface area contributed by atoms with Crippen molar-refractivity contribution in [1.29, 1.82) is 0 Å². The third-order valence-electron chi connectivity index (χ3n) is 3.06. The number of hydrogen-bond acceptors (Lipinski definition) is 2. The lowest BCUT2D eigenvalue weighted by molar-refractivity contribution is -0.134. The van der Waals surface area contributed by atoms with Crippen LogP contribution in [-0.2, 0) is 4.79 Å². The van der Waals surface area contributed by atoms with Gasteiger partial charge in [0, 0.05) is 25.0 Å². The highest BCUT2D eigenvalue weighted by atomic mass is 16.2. The van der Waals surface area contributed by atoms with Crippen LogP contribution >= 0.6 is 0 Å². The summed E-state index contributed by atoms with van der Waals surface area (Å²) in [5.74, 6) is 0.921. The average molecular weight is 212 g/mol. The highest BCUT2D eigenvalue weighted by molar-refractivity contribution is 5.77. The van der Waals surface area contributed by atoms with Gasteiger partial charge in [-0.2, -0.15) is 0 Å². The first-order valence-electron chi connectivity index (χ1n) is 5.99. The third kappa shape index (κ3) is 4.20. The number of piperidine rings is 1. The molecule has 0 saturated carbocycles. The van der Waals surface area contributed by atoms with Gasteiger partial charge in [0.1, 0.15) is 0 Å². The van der Waals surface area contributed by atoms with Crippen LogP contribution < -0.4 is 5.73 Å². The maximum Gasteiger partial charge on any atom is 0.224 e. The lowest BCUT2D eigenvalue weighted by Crippen LogP contribution is -2.45. The lowest BCUT2D eigenvalue weighted by Gasteiger charge is -2.34. The van der Waals surface area contributed by atoms with Crippen molar-refractivity contribution in [3.05, 3.63) is 0 Å². The second-order valence-corrected chi connectivity index (χ2v) is 5.42. The lowest BCUT2D eigenvalue weighted by atomic mass is 9.94.